The zero-order valence-corrected chi connectivity index (χ0v) is 16.5. The van der Waals surface area contributed by atoms with E-state index in [2.05, 4.69) is 22.1 Å². The second-order valence-electron chi connectivity index (χ2n) is 6.35. The zero-order chi connectivity index (χ0) is 17.8. The van der Waals surface area contributed by atoms with Gasteiger partial charge in [-0.25, -0.2) is 4.98 Å². The number of piperidine rings is 1. The van der Waals surface area contributed by atoms with E-state index in [9.17, 15) is 4.79 Å². The first-order chi connectivity index (χ1) is 12.1. The molecule has 3 rings (SSSR count). The molecule has 0 aromatic carbocycles. The predicted octanol–water partition coefficient (Wildman–Crippen LogP) is 3.70. The molecule has 1 aliphatic rings. The molecule has 0 radical (unpaired) electrons. The van der Waals surface area contributed by atoms with E-state index in [1.807, 2.05) is 24.1 Å². The van der Waals surface area contributed by atoms with Crippen LogP contribution in [0, 0.1) is 6.92 Å². The highest BCUT2D eigenvalue weighted by atomic mass is 32.2. The quantitative estimate of drug-likeness (QED) is 0.712. The number of nitrogens with zero attached hydrogens (tertiary/aromatic N) is 4. The molecule has 2 unspecified atom stereocenters. The van der Waals surface area contributed by atoms with Crippen LogP contribution in [0.15, 0.2) is 15.0 Å². The van der Waals surface area contributed by atoms with Crippen molar-refractivity contribution in [1.29, 1.82) is 0 Å². The number of aromatic nitrogens is 3. The first kappa shape index (κ1) is 18.4. The van der Waals surface area contributed by atoms with E-state index < -0.39 is 0 Å². The third kappa shape index (κ3) is 4.61. The smallest absolute Gasteiger partial charge is 0.277 e. The minimum atomic E-state index is -0.220. The van der Waals surface area contributed by atoms with E-state index in [1.54, 1.807) is 11.3 Å². The summed E-state index contributed by atoms with van der Waals surface area (Å²) in [7, 11) is 0. The Morgan fingerprint density at radius 2 is 2.32 bits per heavy atom. The Bertz CT molecular complexity index is 715. The number of amides is 1. The molecule has 2 aromatic rings. The molecule has 1 aliphatic heterocycles. The first-order valence-electron chi connectivity index (χ1n) is 8.77. The lowest BCUT2D eigenvalue weighted by Crippen LogP contribution is -2.46. The Labute approximate surface area is 156 Å². The Morgan fingerprint density at radius 3 is 3.04 bits per heavy atom. The first-order valence-corrected chi connectivity index (χ1v) is 10.5. The van der Waals surface area contributed by atoms with E-state index in [0.717, 1.165) is 36.5 Å². The van der Waals surface area contributed by atoms with Gasteiger partial charge in [-0.1, -0.05) is 18.7 Å². The Balaban J connectivity index is 1.59. The number of likely N-dealkylation sites (tertiary alicyclic amines) is 1. The fraction of sp³-hybridized carbons (Fsp3) is 0.647. The van der Waals surface area contributed by atoms with E-state index in [1.165, 1.54) is 18.2 Å². The third-order valence-electron chi connectivity index (χ3n) is 4.45. The largest absolute Gasteiger partial charge is 0.416 e. The Kier molecular flexibility index (Phi) is 6.11. The van der Waals surface area contributed by atoms with Crippen molar-refractivity contribution >= 4 is 29.0 Å². The van der Waals surface area contributed by atoms with Crippen LogP contribution in [0.1, 0.15) is 56.1 Å². The second-order valence-corrected chi connectivity index (χ2v) is 8.70. The van der Waals surface area contributed by atoms with Crippen molar-refractivity contribution in [3.8, 4) is 0 Å². The van der Waals surface area contributed by atoms with Crippen LogP contribution in [0.3, 0.4) is 0 Å². The summed E-state index contributed by atoms with van der Waals surface area (Å²) < 4.78 is 5.69. The van der Waals surface area contributed by atoms with Gasteiger partial charge in [0.25, 0.3) is 5.22 Å². The number of rotatable bonds is 6. The Hall–Kier alpha value is -1.41. The van der Waals surface area contributed by atoms with Gasteiger partial charge in [-0.2, -0.15) is 0 Å². The van der Waals surface area contributed by atoms with Crippen LogP contribution in [-0.2, 0) is 11.2 Å². The van der Waals surface area contributed by atoms with Crippen molar-refractivity contribution in [2.45, 2.75) is 69.4 Å². The van der Waals surface area contributed by atoms with Gasteiger partial charge in [-0.05, 0) is 39.5 Å². The Morgan fingerprint density at radius 1 is 1.48 bits per heavy atom. The lowest BCUT2D eigenvalue weighted by atomic mass is 10.00. The number of thiazole rings is 1. The molecule has 0 aliphatic carbocycles. The summed E-state index contributed by atoms with van der Waals surface area (Å²) in [6.45, 7) is 6.90. The van der Waals surface area contributed by atoms with E-state index in [0.29, 0.717) is 23.6 Å². The number of hydrogen-bond acceptors (Lipinski definition) is 7. The van der Waals surface area contributed by atoms with Gasteiger partial charge in [0.1, 0.15) is 0 Å². The molecule has 1 fully saturated rings. The van der Waals surface area contributed by atoms with Crippen LogP contribution in [-0.4, -0.2) is 43.8 Å². The zero-order valence-electron chi connectivity index (χ0n) is 14.9. The number of carbonyl (C=O) groups is 1. The van der Waals surface area contributed by atoms with Crippen molar-refractivity contribution in [2.24, 2.45) is 0 Å². The molecular formula is C17H24N4O2S2. The van der Waals surface area contributed by atoms with E-state index >= 15 is 0 Å². The van der Waals surface area contributed by atoms with Gasteiger partial charge in [0.2, 0.25) is 11.8 Å². The summed E-state index contributed by atoms with van der Waals surface area (Å²) in [6, 6.07) is 0.371. The van der Waals surface area contributed by atoms with Gasteiger partial charge in [-0.3, -0.25) is 4.79 Å². The van der Waals surface area contributed by atoms with Crippen molar-refractivity contribution in [1.82, 2.24) is 20.1 Å². The predicted molar refractivity (Wildman–Crippen MR) is 98.9 cm³/mol. The highest BCUT2D eigenvalue weighted by Gasteiger charge is 2.30. The van der Waals surface area contributed by atoms with Crippen LogP contribution in [0.5, 0.6) is 0 Å². The van der Waals surface area contributed by atoms with Crippen LogP contribution in [0.2, 0.25) is 0 Å². The molecule has 136 valence electrons. The molecule has 0 spiro atoms. The molecule has 0 bridgehead atoms. The minimum Gasteiger partial charge on any atom is -0.416 e. The molecule has 1 saturated heterocycles. The highest BCUT2D eigenvalue weighted by molar-refractivity contribution is 8.00. The number of hydrogen-bond donors (Lipinski definition) is 0. The van der Waals surface area contributed by atoms with Gasteiger partial charge < -0.3 is 9.32 Å². The monoisotopic (exact) mass is 380 g/mol. The maximum absolute atomic E-state index is 12.8. The minimum absolute atomic E-state index is 0.173. The number of carbonyl (C=O) groups excluding carboxylic acids is 1. The van der Waals surface area contributed by atoms with Crippen LogP contribution < -0.4 is 0 Å². The van der Waals surface area contributed by atoms with Crippen LogP contribution >= 0.6 is 23.1 Å². The van der Waals surface area contributed by atoms with Gasteiger partial charge in [0.05, 0.1) is 22.4 Å². The lowest BCUT2D eigenvalue weighted by Gasteiger charge is -2.36. The second kappa shape index (κ2) is 8.31. The molecule has 8 heteroatoms. The van der Waals surface area contributed by atoms with Crippen LogP contribution in [0.4, 0.5) is 0 Å². The van der Waals surface area contributed by atoms with Gasteiger partial charge >= 0.3 is 0 Å². The van der Waals surface area contributed by atoms with Crippen molar-refractivity contribution in [3.63, 3.8) is 0 Å². The molecule has 0 saturated carbocycles. The molecule has 6 nitrogen and oxygen atoms in total. The summed E-state index contributed by atoms with van der Waals surface area (Å²) in [5.41, 5.74) is 0.936. The fourth-order valence-electron chi connectivity index (χ4n) is 3.15. The van der Waals surface area contributed by atoms with Crippen molar-refractivity contribution in [2.75, 3.05) is 6.54 Å². The van der Waals surface area contributed by atoms with Crippen molar-refractivity contribution < 1.29 is 9.21 Å². The molecule has 0 N–H and O–H groups in total. The van der Waals surface area contributed by atoms with Gasteiger partial charge in [0.15, 0.2) is 0 Å². The summed E-state index contributed by atoms with van der Waals surface area (Å²) in [5.74, 6) is 0.711. The van der Waals surface area contributed by atoms with E-state index in [4.69, 9.17) is 4.42 Å². The SMILES string of the molecule is CCC1CCCCN1C(=O)C(C)Sc1nnc(Cc2csc(C)n2)o1. The lowest BCUT2D eigenvalue weighted by molar-refractivity contribution is -0.134. The summed E-state index contributed by atoms with van der Waals surface area (Å²) in [6.07, 6.45) is 4.97. The van der Waals surface area contributed by atoms with E-state index in [-0.39, 0.29) is 11.2 Å². The average Bonchev–Trinajstić information content (AvgIpc) is 3.23. The topological polar surface area (TPSA) is 72.1 Å². The molecule has 25 heavy (non-hydrogen) atoms. The summed E-state index contributed by atoms with van der Waals surface area (Å²) in [5, 5.41) is 11.4. The molecular weight excluding hydrogens is 356 g/mol. The fourth-order valence-corrected chi connectivity index (χ4v) is 4.54. The standard InChI is InChI=1S/C17H24N4O2S2/c1-4-14-7-5-6-8-21(14)16(22)11(2)25-17-20-19-15(23-17)9-13-10-24-12(3)18-13/h10-11,14H,4-9H2,1-3H3. The van der Waals surface area contributed by atoms with Gasteiger partial charge in [-0.15, -0.1) is 21.5 Å². The highest BCUT2D eigenvalue weighted by Crippen LogP contribution is 2.27. The molecule has 2 aromatic heterocycles. The summed E-state index contributed by atoms with van der Waals surface area (Å²) in [4.78, 5) is 19.2. The normalized spacial score (nSPS) is 19.2. The third-order valence-corrected chi connectivity index (χ3v) is 6.20. The van der Waals surface area contributed by atoms with Gasteiger partial charge in [0, 0.05) is 18.0 Å². The van der Waals surface area contributed by atoms with Crippen molar-refractivity contribution in [3.05, 3.63) is 22.0 Å². The molecule has 3 heterocycles. The average molecular weight is 381 g/mol. The number of thioether (sulfide) groups is 1. The maximum atomic E-state index is 12.8. The van der Waals surface area contributed by atoms with Crippen LogP contribution in [0.25, 0.3) is 0 Å². The molecule has 1 amide bonds. The maximum Gasteiger partial charge on any atom is 0.277 e. The summed E-state index contributed by atoms with van der Waals surface area (Å²) >= 11 is 2.95. The number of aryl methyl sites for hydroxylation is 1. The molecule has 2 atom stereocenters.